The van der Waals surface area contributed by atoms with Gasteiger partial charge in [0, 0.05) is 39.3 Å². The van der Waals surface area contributed by atoms with E-state index >= 15 is 0 Å². The number of benzene rings is 1. The van der Waals surface area contributed by atoms with Gasteiger partial charge >= 0.3 is 0 Å². The molecule has 1 aromatic carbocycles. The quantitative estimate of drug-likeness (QED) is 0.831. The third kappa shape index (κ3) is 3.72. The van der Waals surface area contributed by atoms with Crippen LogP contribution in [0.1, 0.15) is 24.2 Å². The topological polar surface area (TPSA) is 44.6 Å². The van der Waals surface area contributed by atoms with Crippen LogP contribution in [0.15, 0.2) is 30.3 Å². The Balaban J connectivity index is 1.41. The Morgan fingerprint density at radius 1 is 0.963 bits per heavy atom. The van der Waals surface area contributed by atoms with E-state index in [1.54, 1.807) is 0 Å². The van der Waals surface area contributed by atoms with Gasteiger partial charge in [0.15, 0.2) is 0 Å². The number of piperazine rings is 1. The molecule has 2 aliphatic rings. The highest BCUT2D eigenvalue weighted by molar-refractivity contribution is 5.78. The highest BCUT2D eigenvalue weighted by Gasteiger charge is 2.26. The van der Waals surface area contributed by atoms with Gasteiger partial charge in [-0.1, -0.05) is 18.2 Å². The van der Waals surface area contributed by atoms with Crippen molar-refractivity contribution >= 4 is 11.6 Å². The molecule has 4 rings (SSSR count). The number of carbonyl (C=O) groups excluding carboxylic acids is 1. The number of hydrogen-bond donors (Lipinski definition) is 0. The fourth-order valence-corrected chi connectivity index (χ4v) is 4.30. The highest BCUT2D eigenvalue weighted by Crippen LogP contribution is 2.27. The smallest absolute Gasteiger partial charge is 0.236 e. The van der Waals surface area contributed by atoms with Crippen molar-refractivity contribution < 1.29 is 4.79 Å². The van der Waals surface area contributed by atoms with Crippen molar-refractivity contribution in [2.75, 3.05) is 50.7 Å². The molecule has 1 amide bonds. The van der Waals surface area contributed by atoms with Gasteiger partial charge < -0.3 is 9.80 Å². The first-order valence-corrected chi connectivity index (χ1v) is 10.00. The number of anilines is 1. The van der Waals surface area contributed by atoms with E-state index in [-0.39, 0.29) is 0 Å². The zero-order valence-corrected chi connectivity index (χ0v) is 16.4. The van der Waals surface area contributed by atoms with E-state index in [1.807, 2.05) is 27.8 Å². The Labute approximate surface area is 161 Å². The minimum absolute atomic E-state index is 0.296. The van der Waals surface area contributed by atoms with Gasteiger partial charge in [0.05, 0.1) is 29.3 Å². The number of nitrogens with zero attached hydrogens (tertiary/aromatic N) is 5. The van der Waals surface area contributed by atoms with Crippen LogP contribution >= 0.6 is 0 Å². The molecule has 0 bridgehead atoms. The molecule has 0 atom stereocenters. The first-order chi connectivity index (χ1) is 13.1. The fraction of sp³-hybridized carbons (Fsp3) is 0.524. The van der Waals surface area contributed by atoms with Crippen molar-refractivity contribution in [2.45, 2.75) is 26.7 Å². The minimum atomic E-state index is 0.296. The Kier molecular flexibility index (Phi) is 5.16. The van der Waals surface area contributed by atoms with Gasteiger partial charge in [-0.15, -0.1) is 0 Å². The summed E-state index contributed by atoms with van der Waals surface area (Å²) in [5.74, 6) is 0.296. The van der Waals surface area contributed by atoms with Crippen LogP contribution in [0, 0.1) is 13.8 Å². The summed E-state index contributed by atoms with van der Waals surface area (Å²) in [6.07, 6.45) is 2.31. The lowest BCUT2D eigenvalue weighted by Crippen LogP contribution is -2.50. The van der Waals surface area contributed by atoms with E-state index in [2.05, 4.69) is 35.8 Å². The second-order valence-electron chi connectivity index (χ2n) is 7.62. The van der Waals surface area contributed by atoms with Gasteiger partial charge in [0.2, 0.25) is 5.91 Å². The van der Waals surface area contributed by atoms with Crippen LogP contribution in [0.4, 0.5) is 5.69 Å². The summed E-state index contributed by atoms with van der Waals surface area (Å²) in [4.78, 5) is 19.1. The molecule has 0 saturated carbocycles. The lowest BCUT2D eigenvalue weighted by Gasteiger charge is -2.36. The molecule has 1 aromatic heterocycles. The standard InChI is InChI=1S/C21H29N5O/c1-17-21(18(2)26(22-17)19-8-4-3-5-9-19)25-14-12-23(13-15-25)16-20(27)24-10-6-7-11-24/h3-5,8-9H,6-7,10-16H2,1-2H3. The van der Waals surface area contributed by atoms with Gasteiger partial charge in [-0.05, 0) is 38.8 Å². The number of likely N-dealkylation sites (tertiary alicyclic amines) is 1. The molecular formula is C21H29N5O. The van der Waals surface area contributed by atoms with Crippen LogP contribution in [0.5, 0.6) is 0 Å². The molecule has 0 N–H and O–H groups in total. The van der Waals surface area contributed by atoms with Crippen molar-refractivity contribution in [1.29, 1.82) is 0 Å². The van der Waals surface area contributed by atoms with Crippen LogP contribution in [0.3, 0.4) is 0 Å². The molecule has 6 heteroatoms. The summed E-state index contributed by atoms with van der Waals surface area (Å²) < 4.78 is 2.04. The van der Waals surface area contributed by atoms with E-state index in [1.165, 1.54) is 11.4 Å². The molecule has 0 unspecified atom stereocenters. The fourth-order valence-electron chi connectivity index (χ4n) is 4.30. The van der Waals surface area contributed by atoms with Gasteiger partial charge in [0.25, 0.3) is 0 Å². The number of aryl methyl sites for hydroxylation is 1. The molecule has 2 aliphatic heterocycles. The molecule has 0 spiro atoms. The number of rotatable bonds is 4. The predicted molar refractivity (Wildman–Crippen MR) is 108 cm³/mol. The Hall–Kier alpha value is -2.34. The SMILES string of the molecule is Cc1nn(-c2ccccc2)c(C)c1N1CCN(CC(=O)N2CCCC2)CC1. The van der Waals surface area contributed by atoms with E-state index in [4.69, 9.17) is 5.10 Å². The molecule has 0 radical (unpaired) electrons. The maximum atomic E-state index is 12.4. The Morgan fingerprint density at radius 2 is 1.63 bits per heavy atom. The summed E-state index contributed by atoms with van der Waals surface area (Å²) in [5, 5.41) is 4.78. The van der Waals surface area contributed by atoms with Crippen LogP contribution in [0.2, 0.25) is 0 Å². The van der Waals surface area contributed by atoms with Gasteiger partial charge in [-0.3, -0.25) is 9.69 Å². The first kappa shape index (κ1) is 18.0. The van der Waals surface area contributed by atoms with E-state index in [0.29, 0.717) is 12.5 Å². The number of carbonyl (C=O) groups is 1. The molecule has 27 heavy (non-hydrogen) atoms. The van der Waals surface area contributed by atoms with Crippen molar-refractivity contribution in [2.24, 2.45) is 0 Å². The summed E-state index contributed by atoms with van der Waals surface area (Å²) in [5.41, 5.74) is 4.59. The summed E-state index contributed by atoms with van der Waals surface area (Å²) >= 11 is 0. The molecule has 0 aliphatic carbocycles. The monoisotopic (exact) mass is 367 g/mol. The van der Waals surface area contributed by atoms with E-state index < -0.39 is 0 Å². The Morgan fingerprint density at radius 3 is 2.30 bits per heavy atom. The molecule has 2 fully saturated rings. The number of hydrogen-bond acceptors (Lipinski definition) is 4. The molecule has 6 nitrogen and oxygen atoms in total. The van der Waals surface area contributed by atoms with Crippen LogP contribution in [0.25, 0.3) is 5.69 Å². The normalized spacial score (nSPS) is 18.3. The van der Waals surface area contributed by atoms with Crippen LogP contribution in [-0.2, 0) is 4.79 Å². The van der Waals surface area contributed by atoms with Crippen molar-refractivity contribution in [3.05, 3.63) is 41.7 Å². The largest absolute Gasteiger partial charge is 0.366 e. The average molecular weight is 367 g/mol. The molecule has 2 saturated heterocycles. The first-order valence-electron chi connectivity index (χ1n) is 10.00. The summed E-state index contributed by atoms with van der Waals surface area (Å²) in [6, 6.07) is 10.3. The van der Waals surface area contributed by atoms with Gasteiger partial charge in [-0.25, -0.2) is 4.68 Å². The average Bonchev–Trinajstić information content (AvgIpc) is 3.32. The maximum Gasteiger partial charge on any atom is 0.236 e. The minimum Gasteiger partial charge on any atom is -0.366 e. The van der Waals surface area contributed by atoms with Crippen molar-refractivity contribution in [1.82, 2.24) is 19.6 Å². The zero-order valence-electron chi connectivity index (χ0n) is 16.4. The van der Waals surface area contributed by atoms with Crippen molar-refractivity contribution in [3.8, 4) is 5.69 Å². The van der Waals surface area contributed by atoms with E-state index in [9.17, 15) is 4.79 Å². The zero-order chi connectivity index (χ0) is 18.8. The number of para-hydroxylation sites is 1. The maximum absolute atomic E-state index is 12.4. The number of aromatic nitrogens is 2. The lowest BCUT2D eigenvalue weighted by molar-refractivity contribution is -0.131. The van der Waals surface area contributed by atoms with Crippen LogP contribution < -0.4 is 4.90 Å². The highest BCUT2D eigenvalue weighted by atomic mass is 16.2. The predicted octanol–water partition coefficient (Wildman–Crippen LogP) is 2.23. The third-order valence-corrected chi connectivity index (χ3v) is 5.76. The van der Waals surface area contributed by atoms with Gasteiger partial charge in [-0.2, -0.15) is 5.10 Å². The second-order valence-corrected chi connectivity index (χ2v) is 7.62. The Bertz CT molecular complexity index is 786. The second kappa shape index (κ2) is 7.72. The lowest BCUT2D eigenvalue weighted by atomic mass is 10.2. The molecule has 144 valence electrons. The molecule has 2 aromatic rings. The molecule has 3 heterocycles. The van der Waals surface area contributed by atoms with Crippen LogP contribution in [-0.4, -0.2) is 71.3 Å². The summed E-state index contributed by atoms with van der Waals surface area (Å²) in [6.45, 7) is 10.4. The van der Waals surface area contributed by atoms with Gasteiger partial charge in [0.1, 0.15) is 0 Å². The van der Waals surface area contributed by atoms with E-state index in [0.717, 1.165) is 63.5 Å². The summed E-state index contributed by atoms with van der Waals surface area (Å²) in [7, 11) is 0. The number of amides is 1. The molecular weight excluding hydrogens is 338 g/mol. The third-order valence-electron chi connectivity index (χ3n) is 5.76. The van der Waals surface area contributed by atoms with Crippen molar-refractivity contribution in [3.63, 3.8) is 0 Å².